The Morgan fingerprint density at radius 1 is 1.45 bits per heavy atom. The zero-order chi connectivity index (χ0) is 15.7. The number of aromatic nitrogens is 1. The Kier molecular flexibility index (Phi) is 4.52. The van der Waals surface area contributed by atoms with Crippen LogP contribution in [0.3, 0.4) is 0 Å². The second kappa shape index (κ2) is 6.25. The molecule has 1 saturated carbocycles. The molecule has 1 N–H and O–H groups in total. The Hall–Kier alpha value is -0.990. The molecule has 2 heterocycles. The maximum atomic E-state index is 12.3. The van der Waals surface area contributed by atoms with E-state index in [1.807, 2.05) is 6.92 Å². The van der Waals surface area contributed by atoms with Gasteiger partial charge in [0.05, 0.1) is 11.4 Å². The fourth-order valence-electron chi connectivity index (χ4n) is 2.47. The monoisotopic (exact) mass is 343 g/mol. The zero-order valence-corrected chi connectivity index (χ0v) is 14.3. The van der Waals surface area contributed by atoms with Crippen LogP contribution in [0.25, 0.3) is 0 Å². The third kappa shape index (κ3) is 3.49. The minimum Gasteiger partial charge on any atom is -0.302 e. The van der Waals surface area contributed by atoms with E-state index in [1.165, 1.54) is 11.3 Å². The highest BCUT2D eigenvalue weighted by molar-refractivity contribution is 7.89. The number of hydrogen-bond donors (Lipinski definition) is 1. The molecule has 0 aromatic carbocycles. The molecule has 2 aliphatic rings. The summed E-state index contributed by atoms with van der Waals surface area (Å²) >= 11 is 1.40. The maximum absolute atomic E-state index is 12.3. The molecule has 0 spiro atoms. The number of hydrogen-bond acceptors (Lipinski definition) is 5. The van der Waals surface area contributed by atoms with E-state index in [1.54, 1.807) is 4.31 Å². The minimum atomic E-state index is -3.18. The average molecular weight is 343 g/mol. The largest absolute Gasteiger partial charge is 0.302 e. The molecule has 0 bridgehead atoms. The predicted molar refractivity (Wildman–Crippen MR) is 86.3 cm³/mol. The molecule has 1 aromatic heterocycles. The molecule has 1 fully saturated rings. The van der Waals surface area contributed by atoms with E-state index in [4.69, 9.17) is 0 Å². The van der Waals surface area contributed by atoms with Gasteiger partial charge in [-0.2, -0.15) is 4.31 Å². The molecule has 22 heavy (non-hydrogen) atoms. The van der Waals surface area contributed by atoms with E-state index in [9.17, 15) is 13.2 Å². The molecule has 8 heteroatoms. The number of nitrogens with zero attached hydrogens (tertiary/aromatic N) is 2. The normalized spacial score (nSPS) is 19.0. The summed E-state index contributed by atoms with van der Waals surface area (Å²) < 4.78 is 26.1. The number of amides is 1. The van der Waals surface area contributed by atoms with E-state index in [-0.39, 0.29) is 17.6 Å². The van der Waals surface area contributed by atoms with Crippen LogP contribution in [0.5, 0.6) is 0 Å². The van der Waals surface area contributed by atoms with Crippen molar-refractivity contribution in [2.24, 2.45) is 5.92 Å². The van der Waals surface area contributed by atoms with Crippen molar-refractivity contribution >= 4 is 32.4 Å². The lowest BCUT2D eigenvalue weighted by atomic mass is 10.2. The first kappa shape index (κ1) is 15.9. The summed E-state index contributed by atoms with van der Waals surface area (Å²) in [5.74, 6) is 0.397. The van der Waals surface area contributed by atoms with Gasteiger partial charge in [-0.1, -0.05) is 13.3 Å². The van der Waals surface area contributed by atoms with Crippen LogP contribution < -0.4 is 5.32 Å². The zero-order valence-electron chi connectivity index (χ0n) is 12.7. The van der Waals surface area contributed by atoms with Crippen LogP contribution in [0.2, 0.25) is 0 Å². The molecule has 122 valence electrons. The molecular weight excluding hydrogens is 322 g/mol. The second-order valence-corrected chi connectivity index (χ2v) is 9.08. The molecule has 6 nitrogen and oxygen atoms in total. The van der Waals surface area contributed by atoms with Gasteiger partial charge in [-0.15, -0.1) is 11.3 Å². The van der Waals surface area contributed by atoms with E-state index >= 15 is 0 Å². The van der Waals surface area contributed by atoms with Crippen molar-refractivity contribution in [2.45, 2.75) is 45.6 Å². The molecule has 0 saturated heterocycles. The van der Waals surface area contributed by atoms with Gasteiger partial charge in [-0.25, -0.2) is 13.4 Å². The predicted octanol–water partition coefficient (Wildman–Crippen LogP) is 1.98. The number of rotatable bonds is 6. The van der Waals surface area contributed by atoms with Crippen molar-refractivity contribution in [3.8, 4) is 0 Å². The third-order valence-corrected chi connectivity index (χ3v) is 6.92. The first-order valence-electron chi connectivity index (χ1n) is 7.77. The Morgan fingerprint density at radius 3 is 2.91 bits per heavy atom. The van der Waals surface area contributed by atoms with Crippen molar-refractivity contribution < 1.29 is 13.2 Å². The quantitative estimate of drug-likeness (QED) is 0.856. The SMILES string of the molecule is CCCCS(=O)(=O)N1CCc2nc(NC(=O)C3CC3)sc2C1. The van der Waals surface area contributed by atoms with Gasteiger partial charge in [0.15, 0.2) is 5.13 Å². The molecular formula is C14H21N3O3S2. The molecule has 1 aliphatic heterocycles. The first-order valence-corrected chi connectivity index (χ1v) is 10.2. The summed E-state index contributed by atoms with van der Waals surface area (Å²) in [6, 6.07) is 0. The number of sulfonamides is 1. The van der Waals surface area contributed by atoms with Crippen LogP contribution in [0.4, 0.5) is 5.13 Å². The van der Waals surface area contributed by atoms with Crippen LogP contribution in [-0.2, 0) is 27.8 Å². The van der Waals surface area contributed by atoms with E-state index in [0.717, 1.165) is 29.8 Å². The number of fused-ring (bicyclic) bond motifs is 1. The van der Waals surface area contributed by atoms with Crippen molar-refractivity contribution in [2.75, 3.05) is 17.6 Å². The Labute approximate surface area is 135 Å². The van der Waals surface area contributed by atoms with Gasteiger partial charge in [0, 0.05) is 30.3 Å². The number of thiazole rings is 1. The summed E-state index contributed by atoms with van der Waals surface area (Å²) in [7, 11) is -3.18. The number of unbranched alkanes of at least 4 members (excludes halogenated alkanes) is 1. The van der Waals surface area contributed by atoms with Gasteiger partial charge < -0.3 is 5.32 Å². The van der Waals surface area contributed by atoms with Crippen molar-refractivity contribution in [1.82, 2.24) is 9.29 Å². The molecule has 1 aromatic rings. The Balaban J connectivity index is 1.67. The number of carbonyl (C=O) groups is 1. The number of carbonyl (C=O) groups excluding carboxylic acids is 1. The van der Waals surface area contributed by atoms with E-state index in [2.05, 4.69) is 10.3 Å². The second-order valence-electron chi connectivity index (χ2n) is 5.91. The summed E-state index contributed by atoms with van der Waals surface area (Å²) in [4.78, 5) is 17.2. The highest BCUT2D eigenvalue weighted by Gasteiger charge is 2.32. The lowest BCUT2D eigenvalue weighted by molar-refractivity contribution is -0.117. The fourth-order valence-corrected chi connectivity index (χ4v) is 5.19. The first-order chi connectivity index (χ1) is 10.5. The Bertz CT molecular complexity index is 665. The highest BCUT2D eigenvalue weighted by atomic mass is 32.2. The van der Waals surface area contributed by atoms with Gasteiger partial charge in [0.25, 0.3) is 0 Å². The third-order valence-electron chi connectivity index (χ3n) is 4.02. The summed E-state index contributed by atoms with van der Waals surface area (Å²) in [6.45, 7) is 2.86. The molecule has 0 radical (unpaired) electrons. The minimum absolute atomic E-state index is 0.0403. The van der Waals surface area contributed by atoms with E-state index < -0.39 is 10.0 Å². The van der Waals surface area contributed by atoms with Gasteiger partial charge >= 0.3 is 0 Å². The molecule has 0 unspecified atom stereocenters. The van der Waals surface area contributed by atoms with Gasteiger partial charge in [0.1, 0.15) is 0 Å². The van der Waals surface area contributed by atoms with Crippen LogP contribution in [0.15, 0.2) is 0 Å². The summed E-state index contributed by atoms with van der Waals surface area (Å²) in [5, 5.41) is 3.46. The van der Waals surface area contributed by atoms with Crippen LogP contribution in [0, 0.1) is 5.92 Å². The molecule has 1 amide bonds. The van der Waals surface area contributed by atoms with Crippen LogP contribution in [-0.4, -0.2) is 35.9 Å². The maximum Gasteiger partial charge on any atom is 0.229 e. The lowest BCUT2D eigenvalue weighted by Crippen LogP contribution is -2.37. The molecule has 1 aliphatic carbocycles. The standard InChI is InChI=1S/C14H21N3O3S2/c1-2-3-8-22(19,20)17-7-6-11-12(9-17)21-14(15-11)16-13(18)10-4-5-10/h10H,2-9H2,1H3,(H,15,16,18). The highest BCUT2D eigenvalue weighted by Crippen LogP contribution is 2.33. The smallest absolute Gasteiger partial charge is 0.229 e. The van der Waals surface area contributed by atoms with E-state index in [0.29, 0.717) is 31.1 Å². The average Bonchev–Trinajstić information content (AvgIpc) is 3.25. The van der Waals surface area contributed by atoms with Crippen LogP contribution in [0.1, 0.15) is 43.2 Å². The number of anilines is 1. The van der Waals surface area contributed by atoms with Gasteiger partial charge in [-0.3, -0.25) is 4.79 Å². The fraction of sp³-hybridized carbons (Fsp3) is 0.714. The lowest BCUT2D eigenvalue weighted by Gasteiger charge is -2.25. The van der Waals surface area contributed by atoms with Crippen molar-refractivity contribution in [1.29, 1.82) is 0 Å². The van der Waals surface area contributed by atoms with Crippen molar-refractivity contribution in [3.63, 3.8) is 0 Å². The topological polar surface area (TPSA) is 79.4 Å². The summed E-state index contributed by atoms with van der Waals surface area (Å²) in [6.07, 6.45) is 4.10. The van der Waals surface area contributed by atoms with Crippen LogP contribution >= 0.6 is 11.3 Å². The van der Waals surface area contributed by atoms with Gasteiger partial charge in [-0.05, 0) is 19.3 Å². The number of nitrogens with one attached hydrogen (secondary N) is 1. The Morgan fingerprint density at radius 2 is 2.23 bits per heavy atom. The van der Waals surface area contributed by atoms with Gasteiger partial charge in [0.2, 0.25) is 15.9 Å². The van der Waals surface area contributed by atoms with Crippen molar-refractivity contribution in [3.05, 3.63) is 10.6 Å². The molecule has 3 rings (SSSR count). The molecule has 0 atom stereocenters. The summed E-state index contributed by atoms with van der Waals surface area (Å²) in [5.41, 5.74) is 0.929.